The Morgan fingerprint density at radius 1 is 1.38 bits per heavy atom. The van der Waals surface area contributed by atoms with Gasteiger partial charge in [0.2, 0.25) is 0 Å². The van der Waals surface area contributed by atoms with Gasteiger partial charge in [0.25, 0.3) is 0 Å². The molecule has 0 fully saturated rings. The third-order valence-corrected chi connectivity index (χ3v) is 2.40. The van der Waals surface area contributed by atoms with E-state index in [2.05, 4.69) is 6.92 Å². The molecular weight excluding hydrogens is 279 g/mol. The summed E-state index contributed by atoms with van der Waals surface area (Å²) in [5, 5.41) is 8.84. The summed E-state index contributed by atoms with van der Waals surface area (Å²) in [5.74, 6) is 0.407. The summed E-state index contributed by atoms with van der Waals surface area (Å²) >= 11 is 1.90. The van der Waals surface area contributed by atoms with E-state index in [-0.39, 0.29) is 6.61 Å². The van der Waals surface area contributed by atoms with Gasteiger partial charge in [-0.3, -0.25) is 0 Å². The largest absolute Gasteiger partial charge is 0.392 e. The van der Waals surface area contributed by atoms with Crippen molar-refractivity contribution in [3.63, 3.8) is 0 Å². The molecular formula is C10H13IO2. The Morgan fingerprint density at radius 3 is 2.46 bits per heavy atom. The molecule has 1 rings (SSSR count). The van der Waals surface area contributed by atoms with Crippen LogP contribution in [0.1, 0.15) is 24.0 Å². The van der Waals surface area contributed by atoms with Gasteiger partial charge < -0.3 is 8.17 Å². The van der Waals surface area contributed by atoms with Gasteiger partial charge in [0.05, 0.1) is 13.2 Å². The molecule has 1 aromatic rings. The third kappa shape index (κ3) is 3.25. The summed E-state index contributed by atoms with van der Waals surface area (Å²) in [6, 6.07) is 7.95. The summed E-state index contributed by atoms with van der Waals surface area (Å²) < 4.78 is 5.04. The van der Waals surface area contributed by atoms with Crippen molar-refractivity contribution in [2.24, 2.45) is 0 Å². The molecule has 0 aliphatic carbocycles. The van der Waals surface area contributed by atoms with Crippen molar-refractivity contribution in [1.82, 2.24) is 0 Å². The first-order valence-electron chi connectivity index (χ1n) is 4.21. The van der Waals surface area contributed by atoms with Crippen molar-refractivity contribution in [3.8, 4) is 0 Å². The molecule has 0 aliphatic rings. The highest BCUT2D eigenvalue weighted by Gasteiger charge is 2.04. The van der Waals surface area contributed by atoms with Crippen LogP contribution in [0.25, 0.3) is 0 Å². The summed E-state index contributed by atoms with van der Waals surface area (Å²) in [5.41, 5.74) is 2.19. The molecule has 13 heavy (non-hydrogen) atoms. The Kier molecular flexibility index (Phi) is 4.69. The number of hydrogen-bond donors (Lipinski definition) is 1. The maximum atomic E-state index is 8.84. The molecule has 0 saturated heterocycles. The molecule has 0 saturated carbocycles. The predicted molar refractivity (Wildman–Crippen MR) is 60.8 cm³/mol. The average molecular weight is 292 g/mol. The molecule has 0 spiro atoms. The van der Waals surface area contributed by atoms with Gasteiger partial charge in [-0.1, -0.05) is 31.2 Å². The third-order valence-electron chi connectivity index (χ3n) is 2.04. The fourth-order valence-corrected chi connectivity index (χ4v) is 1.68. The molecule has 0 bridgehead atoms. The predicted octanol–water partition coefficient (Wildman–Crippen LogP) is 2.65. The molecule has 72 valence electrons. The normalized spacial score (nSPS) is 12.8. The summed E-state index contributed by atoms with van der Waals surface area (Å²) in [4.78, 5) is 0. The van der Waals surface area contributed by atoms with Crippen LogP contribution in [0.3, 0.4) is 0 Å². The first-order chi connectivity index (χ1) is 6.27. The second-order valence-electron chi connectivity index (χ2n) is 3.08. The highest BCUT2D eigenvalue weighted by Crippen LogP contribution is 2.17. The molecule has 1 N–H and O–H groups in total. The maximum Gasteiger partial charge on any atom is 0.109 e. The van der Waals surface area contributed by atoms with E-state index in [1.165, 1.54) is 5.56 Å². The molecule has 0 radical (unpaired) electrons. The summed E-state index contributed by atoms with van der Waals surface area (Å²) in [7, 11) is 0. The van der Waals surface area contributed by atoms with Crippen LogP contribution in [0, 0.1) is 0 Å². The topological polar surface area (TPSA) is 29.5 Å². The Balaban J connectivity index is 2.67. The molecule has 1 atom stereocenters. The number of benzene rings is 1. The SMILES string of the molecule is CC(COI)c1ccc(CO)cc1. The van der Waals surface area contributed by atoms with Gasteiger partial charge in [-0.2, -0.15) is 0 Å². The molecule has 0 aromatic heterocycles. The fraction of sp³-hybridized carbons (Fsp3) is 0.400. The zero-order valence-corrected chi connectivity index (χ0v) is 9.69. The lowest BCUT2D eigenvalue weighted by molar-refractivity contribution is 0.282. The van der Waals surface area contributed by atoms with Crippen LogP contribution in [0.5, 0.6) is 0 Å². The average Bonchev–Trinajstić information content (AvgIpc) is 2.18. The molecule has 0 heterocycles. The zero-order chi connectivity index (χ0) is 9.68. The first-order valence-corrected chi connectivity index (χ1v) is 5.09. The second-order valence-corrected chi connectivity index (χ2v) is 3.70. The zero-order valence-electron chi connectivity index (χ0n) is 7.53. The van der Waals surface area contributed by atoms with Crippen molar-refractivity contribution >= 4 is 23.0 Å². The van der Waals surface area contributed by atoms with E-state index in [1.807, 2.05) is 47.3 Å². The van der Waals surface area contributed by atoms with Crippen molar-refractivity contribution in [3.05, 3.63) is 35.4 Å². The van der Waals surface area contributed by atoms with Crippen LogP contribution in [-0.4, -0.2) is 11.7 Å². The number of aliphatic hydroxyl groups is 1. The number of halogens is 1. The van der Waals surface area contributed by atoms with Crippen LogP contribution >= 0.6 is 23.0 Å². The van der Waals surface area contributed by atoms with Crippen LogP contribution in [0.4, 0.5) is 0 Å². The molecule has 0 amide bonds. The maximum absolute atomic E-state index is 8.84. The van der Waals surface area contributed by atoms with Crippen LogP contribution < -0.4 is 0 Å². The highest BCUT2D eigenvalue weighted by molar-refractivity contribution is 14.1. The molecule has 3 heteroatoms. The highest BCUT2D eigenvalue weighted by atomic mass is 127. The van der Waals surface area contributed by atoms with Crippen molar-refractivity contribution in [2.75, 3.05) is 6.61 Å². The van der Waals surface area contributed by atoms with Crippen molar-refractivity contribution < 1.29 is 8.17 Å². The lowest BCUT2D eigenvalue weighted by Gasteiger charge is -2.09. The van der Waals surface area contributed by atoms with E-state index < -0.39 is 0 Å². The monoisotopic (exact) mass is 292 g/mol. The number of rotatable bonds is 4. The quantitative estimate of drug-likeness (QED) is 0.865. The van der Waals surface area contributed by atoms with E-state index in [1.54, 1.807) is 0 Å². The van der Waals surface area contributed by atoms with E-state index in [4.69, 9.17) is 8.17 Å². The molecule has 1 aromatic carbocycles. The van der Waals surface area contributed by atoms with Gasteiger partial charge >= 0.3 is 0 Å². The fourth-order valence-electron chi connectivity index (χ4n) is 1.14. The van der Waals surface area contributed by atoms with Gasteiger partial charge in [-0.15, -0.1) is 0 Å². The minimum absolute atomic E-state index is 0.109. The smallest absolute Gasteiger partial charge is 0.109 e. The lowest BCUT2D eigenvalue weighted by Crippen LogP contribution is -1.99. The molecule has 2 nitrogen and oxygen atoms in total. The minimum atomic E-state index is 0.109. The minimum Gasteiger partial charge on any atom is -0.392 e. The molecule has 1 unspecified atom stereocenters. The Labute approximate surface area is 92.6 Å². The Hall–Kier alpha value is -0.130. The Morgan fingerprint density at radius 2 is 2.00 bits per heavy atom. The van der Waals surface area contributed by atoms with Gasteiger partial charge in [-0.05, 0) is 11.1 Å². The summed E-state index contributed by atoms with van der Waals surface area (Å²) in [6.45, 7) is 2.95. The van der Waals surface area contributed by atoms with Gasteiger partial charge in [0.15, 0.2) is 0 Å². The van der Waals surface area contributed by atoms with Gasteiger partial charge in [0.1, 0.15) is 23.0 Å². The Bertz CT molecular complexity index is 246. The van der Waals surface area contributed by atoms with E-state index in [9.17, 15) is 0 Å². The second kappa shape index (κ2) is 5.57. The van der Waals surface area contributed by atoms with Gasteiger partial charge in [0, 0.05) is 5.92 Å². The van der Waals surface area contributed by atoms with E-state index in [0.717, 1.165) is 12.2 Å². The van der Waals surface area contributed by atoms with E-state index >= 15 is 0 Å². The van der Waals surface area contributed by atoms with Crippen molar-refractivity contribution in [2.45, 2.75) is 19.4 Å². The lowest BCUT2D eigenvalue weighted by atomic mass is 10.0. The van der Waals surface area contributed by atoms with Gasteiger partial charge in [-0.25, -0.2) is 0 Å². The number of hydrogen-bond acceptors (Lipinski definition) is 2. The van der Waals surface area contributed by atoms with Crippen LogP contribution in [0.15, 0.2) is 24.3 Å². The summed E-state index contributed by atoms with van der Waals surface area (Å²) in [6.07, 6.45) is 0. The molecule has 0 aliphatic heterocycles. The van der Waals surface area contributed by atoms with Crippen LogP contribution in [0.2, 0.25) is 0 Å². The van der Waals surface area contributed by atoms with Crippen LogP contribution in [-0.2, 0) is 9.67 Å². The first kappa shape index (κ1) is 10.9. The number of aliphatic hydroxyl groups excluding tert-OH is 1. The standard InChI is InChI=1S/C10H13IO2/c1-8(7-13-11)10-4-2-9(6-12)3-5-10/h2-5,8,12H,6-7H2,1H3. The van der Waals surface area contributed by atoms with E-state index in [0.29, 0.717) is 5.92 Å². The van der Waals surface area contributed by atoms with Crippen molar-refractivity contribution in [1.29, 1.82) is 0 Å².